The molecule has 1 fully saturated rings. The molecule has 1 aromatic carbocycles. The Bertz CT molecular complexity index is 1220. The summed E-state index contributed by atoms with van der Waals surface area (Å²) in [7, 11) is 1.60. The van der Waals surface area contributed by atoms with Gasteiger partial charge in [0.05, 0.1) is 26.9 Å². The molecule has 204 valence electrons. The number of rotatable bonds is 9. The summed E-state index contributed by atoms with van der Waals surface area (Å²) < 4.78 is 22.6. The highest BCUT2D eigenvalue weighted by Gasteiger charge is 2.37. The number of hydrogen-bond acceptors (Lipinski definition) is 7. The van der Waals surface area contributed by atoms with Crippen molar-refractivity contribution in [1.29, 1.82) is 0 Å². The number of nitrogens with one attached hydrogen (secondary N) is 1. The van der Waals surface area contributed by atoms with Crippen molar-refractivity contribution in [3.05, 3.63) is 77.1 Å². The SMILES string of the molecule is COc1ccc(CN(C(=O)c2ccc(CN3CCOCC3)o2)[C@@H](C(=O)NC(C)(C)C)c2ccc(C)o2)cc1. The average Bonchev–Trinajstić information content (AvgIpc) is 3.52. The second-order valence-corrected chi connectivity index (χ2v) is 10.5. The van der Waals surface area contributed by atoms with E-state index in [9.17, 15) is 9.59 Å². The first-order chi connectivity index (χ1) is 18.1. The number of carbonyl (C=O) groups excluding carboxylic acids is 2. The minimum Gasteiger partial charge on any atom is -0.497 e. The molecule has 0 spiro atoms. The molecule has 9 nitrogen and oxygen atoms in total. The fraction of sp³-hybridized carbons (Fsp3) is 0.448. The summed E-state index contributed by atoms with van der Waals surface area (Å²) in [6.45, 7) is 11.2. The van der Waals surface area contributed by atoms with Gasteiger partial charge in [-0.05, 0) is 69.7 Å². The van der Waals surface area contributed by atoms with Gasteiger partial charge in [0.25, 0.3) is 11.8 Å². The molecule has 0 saturated carbocycles. The van der Waals surface area contributed by atoms with Gasteiger partial charge in [-0.15, -0.1) is 0 Å². The van der Waals surface area contributed by atoms with Crippen LogP contribution in [0.15, 0.2) is 57.4 Å². The zero-order chi connectivity index (χ0) is 27.3. The van der Waals surface area contributed by atoms with Crippen molar-refractivity contribution in [2.24, 2.45) is 0 Å². The fourth-order valence-electron chi connectivity index (χ4n) is 4.37. The molecule has 1 aliphatic heterocycles. The molecule has 0 bridgehead atoms. The lowest BCUT2D eigenvalue weighted by molar-refractivity contribution is -0.128. The van der Waals surface area contributed by atoms with Crippen LogP contribution in [0.25, 0.3) is 0 Å². The first-order valence-corrected chi connectivity index (χ1v) is 12.8. The summed E-state index contributed by atoms with van der Waals surface area (Å²) in [6, 6.07) is 13.4. The van der Waals surface area contributed by atoms with Crippen molar-refractivity contribution in [3.63, 3.8) is 0 Å². The Morgan fingerprint density at radius 1 is 1.03 bits per heavy atom. The van der Waals surface area contributed by atoms with Crippen molar-refractivity contribution < 1.29 is 27.9 Å². The molecule has 0 unspecified atom stereocenters. The maximum absolute atomic E-state index is 14.0. The number of aryl methyl sites for hydroxylation is 1. The molecule has 2 amide bonds. The van der Waals surface area contributed by atoms with E-state index < -0.39 is 17.5 Å². The minimum absolute atomic E-state index is 0.157. The third kappa shape index (κ3) is 7.05. The van der Waals surface area contributed by atoms with E-state index >= 15 is 0 Å². The van der Waals surface area contributed by atoms with E-state index in [4.69, 9.17) is 18.3 Å². The molecular weight excluding hydrogens is 486 g/mol. The number of ether oxygens (including phenoxy) is 2. The Morgan fingerprint density at radius 2 is 1.74 bits per heavy atom. The molecule has 1 aliphatic rings. The van der Waals surface area contributed by atoms with E-state index in [1.54, 1.807) is 25.3 Å². The zero-order valence-corrected chi connectivity index (χ0v) is 22.8. The second kappa shape index (κ2) is 11.9. The summed E-state index contributed by atoms with van der Waals surface area (Å²) in [5.74, 6) is 1.84. The van der Waals surface area contributed by atoms with Crippen LogP contribution in [-0.2, 0) is 22.6 Å². The lowest BCUT2D eigenvalue weighted by Gasteiger charge is -2.32. The van der Waals surface area contributed by atoms with Crippen molar-refractivity contribution >= 4 is 11.8 Å². The maximum atomic E-state index is 14.0. The third-order valence-corrected chi connectivity index (χ3v) is 6.22. The van der Waals surface area contributed by atoms with Crippen LogP contribution in [0.5, 0.6) is 5.75 Å². The van der Waals surface area contributed by atoms with Gasteiger partial charge in [0.1, 0.15) is 23.0 Å². The van der Waals surface area contributed by atoms with Crippen LogP contribution in [0.1, 0.15) is 60.2 Å². The first kappa shape index (κ1) is 27.5. The molecule has 9 heteroatoms. The number of furan rings is 2. The predicted octanol–water partition coefficient (Wildman–Crippen LogP) is 4.32. The van der Waals surface area contributed by atoms with Gasteiger partial charge in [0.15, 0.2) is 11.8 Å². The van der Waals surface area contributed by atoms with Gasteiger partial charge in [-0.25, -0.2) is 0 Å². The molecule has 2 aromatic heterocycles. The van der Waals surface area contributed by atoms with Crippen LogP contribution < -0.4 is 10.1 Å². The molecular formula is C29H37N3O6. The van der Waals surface area contributed by atoms with Gasteiger partial charge in [0.2, 0.25) is 0 Å². The van der Waals surface area contributed by atoms with Crippen molar-refractivity contribution in [3.8, 4) is 5.75 Å². The normalized spacial score (nSPS) is 15.2. The summed E-state index contributed by atoms with van der Waals surface area (Å²) in [6.07, 6.45) is 0. The van der Waals surface area contributed by atoms with Crippen LogP contribution in [-0.4, -0.2) is 60.6 Å². The van der Waals surface area contributed by atoms with E-state index in [0.29, 0.717) is 42.8 Å². The van der Waals surface area contributed by atoms with E-state index in [2.05, 4.69) is 10.2 Å². The molecule has 4 rings (SSSR count). The highest BCUT2D eigenvalue weighted by atomic mass is 16.5. The molecule has 1 N–H and O–H groups in total. The molecule has 3 heterocycles. The highest BCUT2D eigenvalue weighted by Crippen LogP contribution is 2.29. The Morgan fingerprint density at radius 3 is 2.34 bits per heavy atom. The smallest absolute Gasteiger partial charge is 0.290 e. The van der Waals surface area contributed by atoms with Crippen LogP contribution >= 0.6 is 0 Å². The van der Waals surface area contributed by atoms with E-state index in [1.807, 2.05) is 58.0 Å². The van der Waals surface area contributed by atoms with E-state index in [-0.39, 0.29) is 18.2 Å². The summed E-state index contributed by atoms with van der Waals surface area (Å²) in [5, 5.41) is 3.02. The largest absolute Gasteiger partial charge is 0.497 e. The Balaban J connectivity index is 1.68. The lowest BCUT2D eigenvalue weighted by atomic mass is 10.1. The van der Waals surface area contributed by atoms with Gasteiger partial charge in [-0.1, -0.05) is 12.1 Å². The Labute approximate surface area is 223 Å². The number of hydrogen-bond donors (Lipinski definition) is 1. The molecule has 0 radical (unpaired) electrons. The van der Waals surface area contributed by atoms with Crippen LogP contribution in [0.4, 0.5) is 0 Å². The third-order valence-electron chi connectivity index (χ3n) is 6.22. The summed E-state index contributed by atoms with van der Waals surface area (Å²) >= 11 is 0. The number of benzene rings is 1. The Hall–Kier alpha value is -3.56. The standard InChI is InChI=1S/C29H37N3O6/c1-20-6-12-24(37-20)26(27(33)30-29(2,3)4)32(18-21-7-9-22(35-5)10-8-21)28(34)25-13-11-23(38-25)19-31-14-16-36-17-15-31/h6-13,26H,14-19H2,1-5H3,(H,30,33)/t26-/m1/s1. The van der Waals surface area contributed by atoms with Gasteiger partial charge in [0, 0.05) is 25.2 Å². The number of methoxy groups -OCH3 is 1. The summed E-state index contributed by atoms with van der Waals surface area (Å²) in [4.78, 5) is 31.4. The van der Waals surface area contributed by atoms with Crippen LogP contribution in [0.2, 0.25) is 0 Å². The van der Waals surface area contributed by atoms with Crippen LogP contribution in [0.3, 0.4) is 0 Å². The first-order valence-electron chi connectivity index (χ1n) is 12.8. The van der Waals surface area contributed by atoms with Gasteiger partial charge in [-0.2, -0.15) is 0 Å². The van der Waals surface area contributed by atoms with E-state index in [1.165, 1.54) is 4.90 Å². The van der Waals surface area contributed by atoms with Gasteiger partial charge < -0.3 is 28.5 Å². The Kier molecular flexibility index (Phi) is 8.58. The van der Waals surface area contributed by atoms with Gasteiger partial charge >= 0.3 is 0 Å². The lowest BCUT2D eigenvalue weighted by Crippen LogP contribution is -2.49. The predicted molar refractivity (Wildman–Crippen MR) is 142 cm³/mol. The number of morpholine rings is 1. The number of carbonyl (C=O) groups is 2. The zero-order valence-electron chi connectivity index (χ0n) is 22.8. The molecule has 38 heavy (non-hydrogen) atoms. The summed E-state index contributed by atoms with van der Waals surface area (Å²) in [5.41, 5.74) is 0.318. The average molecular weight is 524 g/mol. The highest BCUT2D eigenvalue weighted by molar-refractivity contribution is 5.96. The second-order valence-electron chi connectivity index (χ2n) is 10.5. The molecule has 1 saturated heterocycles. The van der Waals surface area contributed by atoms with Gasteiger partial charge in [-0.3, -0.25) is 14.5 Å². The molecule has 3 aromatic rings. The number of nitrogens with zero attached hydrogens (tertiary/aromatic N) is 2. The van der Waals surface area contributed by atoms with Crippen molar-refractivity contribution in [2.45, 2.75) is 52.4 Å². The van der Waals surface area contributed by atoms with Crippen molar-refractivity contribution in [1.82, 2.24) is 15.1 Å². The fourth-order valence-corrected chi connectivity index (χ4v) is 4.37. The quantitative estimate of drug-likeness (QED) is 0.446. The van der Waals surface area contributed by atoms with Crippen LogP contribution in [0, 0.1) is 6.92 Å². The minimum atomic E-state index is -1.01. The molecule has 0 aliphatic carbocycles. The van der Waals surface area contributed by atoms with Crippen molar-refractivity contribution in [2.75, 3.05) is 33.4 Å². The monoisotopic (exact) mass is 523 g/mol. The molecule has 1 atom stereocenters. The number of amides is 2. The van der Waals surface area contributed by atoms with E-state index in [0.717, 1.165) is 18.7 Å². The maximum Gasteiger partial charge on any atom is 0.290 e. The topological polar surface area (TPSA) is 97.4 Å².